The van der Waals surface area contributed by atoms with E-state index in [9.17, 15) is 31.5 Å². The van der Waals surface area contributed by atoms with Crippen molar-refractivity contribution in [2.45, 2.75) is 16.0 Å². The summed E-state index contributed by atoms with van der Waals surface area (Å²) >= 11 is 0. The number of aliphatic carboxylic acids is 1. The van der Waals surface area contributed by atoms with Gasteiger partial charge in [0.15, 0.2) is 0 Å². The lowest BCUT2D eigenvalue weighted by Gasteiger charge is -2.16. The van der Waals surface area contributed by atoms with Gasteiger partial charge in [-0.2, -0.15) is 13.2 Å². The molecule has 0 saturated heterocycles. The molecule has 0 aliphatic carbocycles. The number of carboxylic acid groups (broad SMARTS) is 2. The van der Waals surface area contributed by atoms with Gasteiger partial charge in [0, 0.05) is 22.4 Å². The van der Waals surface area contributed by atoms with Crippen LogP contribution in [0.2, 0.25) is 0 Å². The number of amidine groups is 1. The molecule has 15 heteroatoms. The first-order valence-electron chi connectivity index (χ1n) is 13.5. The second kappa shape index (κ2) is 13.7. The number of benzene rings is 5. The summed E-state index contributed by atoms with van der Waals surface area (Å²) in [4.78, 5) is 21.1. The number of nitrogens with two attached hydrogens (primary N) is 2. The summed E-state index contributed by atoms with van der Waals surface area (Å²) in [5.74, 6) is -2.90. The van der Waals surface area contributed by atoms with Crippen molar-refractivity contribution in [1.82, 2.24) is 0 Å². The van der Waals surface area contributed by atoms with Gasteiger partial charge in [0.2, 0.25) is 9.84 Å². The number of hydrogen-bond donors (Lipinski definition) is 5. The molecular formula is C33H26F3N3O8S. The Morgan fingerprint density at radius 2 is 1.38 bits per heavy atom. The second-order valence-corrected chi connectivity index (χ2v) is 11.9. The monoisotopic (exact) mass is 681 g/mol. The predicted octanol–water partition coefficient (Wildman–Crippen LogP) is 6.34. The number of methoxy groups -OCH3 is 1. The summed E-state index contributed by atoms with van der Waals surface area (Å²) in [7, 11) is -2.50. The van der Waals surface area contributed by atoms with E-state index in [2.05, 4.69) is 0 Å². The predicted molar refractivity (Wildman–Crippen MR) is 170 cm³/mol. The Balaban J connectivity index is 0.000000671. The highest BCUT2D eigenvalue weighted by atomic mass is 32.2. The number of carboxylic acids is 2. The van der Waals surface area contributed by atoms with Crippen LogP contribution in [0.4, 0.5) is 18.9 Å². The second-order valence-electron chi connectivity index (χ2n) is 9.95. The van der Waals surface area contributed by atoms with Gasteiger partial charge in [0.05, 0.1) is 22.5 Å². The summed E-state index contributed by atoms with van der Waals surface area (Å²) in [5.41, 5.74) is 12.5. The van der Waals surface area contributed by atoms with Crippen LogP contribution < -0.4 is 20.9 Å². The molecule has 0 amide bonds. The Hall–Kier alpha value is -6.09. The highest BCUT2D eigenvalue weighted by Crippen LogP contribution is 2.40. The molecule has 0 unspecified atom stereocenters. The van der Waals surface area contributed by atoms with Gasteiger partial charge in [-0.05, 0) is 77.5 Å². The Morgan fingerprint density at radius 3 is 1.96 bits per heavy atom. The number of sulfone groups is 1. The van der Waals surface area contributed by atoms with Crippen LogP contribution in [-0.2, 0) is 14.6 Å². The van der Waals surface area contributed by atoms with Crippen LogP contribution in [-0.4, -0.2) is 49.7 Å². The first kappa shape index (κ1) is 34.8. The van der Waals surface area contributed by atoms with E-state index >= 15 is 0 Å². The van der Waals surface area contributed by atoms with Crippen LogP contribution in [0.3, 0.4) is 0 Å². The topological polar surface area (TPSA) is 203 Å². The van der Waals surface area contributed by atoms with Crippen molar-refractivity contribution >= 4 is 44.1 Å². The van der Waals surface area contributed by atoms with Crippen LogP contribution in [0.25, 0.3) is 21.9 Å². The molecule has 0 heterocycles. The first-order valence-corrected chi connectivity index (χ1v) is 15.0. The minimum absolute atomic E-state index is 0.0244. The zero-order valence-corrected chi connectivity index (χ0v) is 25.6. The Bertz CT molecular complexity index is 2150. The lowest BCUT2D eigenvalue weighted by molar-refractivity contribution is -0.192. The van der Waals surface area contributed by atoms with E-state index in [-0.39, 0.29) is 43.8 Å². The van der Waals surface area contributed by atoms with Crippen LogP contribution in [0, 0.1) is 5.41 Å². The summed E-state index contributed by atoms with van der Waals surface area (Å²) < 4.78 is 70.2. The molecule has 0 aliphatic rings. The van der Waals surface area contributed by atoms with Gasteiger partial charge in [-0.15, -0.1) is 0 Å². The molecule has 0 aliphatic heterocycles. The maximum atomic E-state index is 13.5. The number of nitrogen functional groups attached to an aromatic ring is 2. The van der Waals surface area contributed by atoms with Gasteiger partial charge < -0.3 is 31.2 Å². The lowest BCUT2D eigenvalue weighted by Crippen LogP contribution is -2.21. The molecule has 0 saturated carbocycles. The molecule has 11 nitrogen and oxygen atoms in total. The van der Waals surface area contributed by atoms with Gasteiger partial charge >= 0.3 is 18.1 Å². The van der Waals surface area contributed by atoms with Gasteiger partial charge in [0.25, 0.3) is 0 Å². The number of hydrogen-bond acceptors (Lipinski definition) is 8. The summed E-state index contributed by atoms with van der Waals surface area (Å²) in [6.07, 6.45) is -5.08. The van der Waals surface area contributed by atoms with Crippen molar-refractivity contribution in [1.29, 1.82) is 5.41 Å². The van der Waals surface area contributed by atoms with E-state index in [4.69, 9.17) is 36.3 Å². The smallest absolute Gasteiger partial charge is 0.490 e. The average Bonchev–Trinajstić information content (AvgIpc) is 3.04. The zero-order valence-electron chi connectivity index (χ0n) is 24.8. The van der Waals surface area contributed by atoms with E-state index in [0.717, 1.165) is 10.8 Å². The molecule has 0 spiro atoms. The van der Waals surface area contributed by atoms with Gasteiger partial charge in [0.1, 0.15) is 23.1 Å². The fourth-order valence-electron chi connectivity index (χ4n) is 4.48. The summed E-state index contributed by atoms with van der Waals surface area (Å²) in [6, 6.07) is 25.5. The number of fused-ring (bicyclic) bond motifs is 1. The Labute approximate surface area is 271 Å². The van der Waals surface area contributed by atoms with Gasteiger partial charge in [-0.3, -0.25) is 5.41 Å². The summed E-state index contributed by atoms with van der Waals surface area (Å²) in [5, 5.41) is 26.4. The van der Waals surface area contributed by atoms with E-state index in [1.807, 2.05) is 12.1 Å². The molecule has 248 valence electrons. The van der Waals surface area contributed by atoms with Crippen LogP contribution >= 0.6 is 0 Å². The molecule has 5 rings (SSSR count). The molecule has 0 radical (unpaired) electrons. The summed E-state index contributed by atoms with van der Waals surface area (Å²) in [6.45, 7) is 0. The first-order chi connectivity index (χ1) is 22.5. The molecule has 5 aromatic rings. The van der Waals surface area contributed by atoms with E-state index < -0.39 is 28.0 Å². The zero-order chi connectivity index (χ0) is 35.4. The lowest BCUT2D eigenvalue weighted by atomic mass is 9.97. The fourth-order valence-corrected chi connectivity index (χ4v) is 5.77. The van der Waals surface area contributed by atoms with Crippen LogP contribution in [0.5, 0.6) is 17.2 Å². The molecule has 0 fully saturated rings. The number of nitrogens with one attached hydrogen (secondary N) is 1. The molecule has 0 aromatic heterocycles. The number of anilines is 1. The highest BCUT2D eigenvalue weighted by molar-refractivity contribution is 7.91. The van der Waals surface area contributed by atoms with Crippen LogP contribution in [0.15, 0.2) is 107 Å². The molecule has 0 bridgehead atoms. The molecule has 48 heavy (non-hydrogen) atoms. The van der Waals surface area contributed by atoms with Gasteiger partial charge in [-0.25, -0.2) is 18.0 Å². The largest absolute Gasteiger partial charge is 0.497 e. The van der Waals surface area contributed by atoms with Crippen molar-refractivity contribution in [2.75, 3.05) is 12.8 Å². The Kier molecular flexibility index (Phi) is 9.94. The number of rotatable bonds is 8. The number of carbonyl (C=O) groups is 2. The van der Waals surface area contributed by atoms with Gasteiger partial charge in [-0.1, -0.05) is 30.3 Å². The average molecular weight is 682 g/mol. The normalized spacial score (nSPS) is 11.2. The third kappa shape index (κ3) is 7.64. The maximum Gasteiger partial charge on any atom is 0.490 e. The minimum Gasteiger partial charge on any atom is -0.497 e. The van der Waals surface area contributed by atoms with E-state index in [1.54, 1.807) is 48.5 Å². The quantitative estimate of drug-likeness (QED) is 0.0699. The maximum absolute atomic E-state index is 13.5. The number of aromatic carboxylic acids is 1. The van der Waals surface area contributed by atoms with Crippen molar-refractivity contribution < 1.29 is 50.9 Å². The van der Waals surface area contributed by atoms with Crippen molar-refractivity contribution in [3.05, 3.63) is 108 Å². The van der Waals surface area contributed by atoms with Crippen molar-refractivity contribution in [3.63, 3.8) is 0 Å². The molecular weight excluding hydrogens is 655 g/mol. The number of halogens is 3. The van der Waals surface area contributed by atoms with Crippen molar-refractivity contribution in [3.8, 4) is 28.4 Å². The van der Waals surface area contributed by atoms with Crippen molar-refractivity contribution in [2.24, 2.45) is 5.73 Å². The fraction of sp³-hybridized carbons (Fsp3) is 0.0606. The third-order valence-electron chi connectivity index (χ3n) is 6.82. The number of alkyl halides is 3. The minimum atomic E-state index is -5.08. The van der Waals surface area contributed by atoms with E-state index in [1.165, 1.54) is 43.5 Å². The molecule has 5 aromatic carbocycles. The number of ether oxygens (including phenoxy) is 2. The molecule has 0 atom stereocenters. The SMILES string of the molecule is COc1ccc(S(=O)(=O)c2ccc(Oc3ccc4cc(C(=N)N)ccc4c3)c(-c3cccc(N)c3C(=O)O)c2)cc1.O=C(O)C(F)(F)F. The molecule has 7 N–H and O–H groups in total. The standard InChI is InChI=1S/C31H25N3O6S.C2HF3O2/c1-39-21-9-11-23(12-10-21)41(37,38)24-13-14-28(26(17-24)25-3-2-4-27(32)29(25)31(35)36)40-22-8-7-18-15-20(30(33)34)6-5-19(18)16-22;3-2(4,5)1(6)7/h2-17H,32H2,1H3,(H3,33,34)(H,35,36);(H,6,7). The van der Waals surface area contributed by atoms with E-state index in [0.29, 0.717) is 17.1 Å². The highest BCUT2D eigenvalue weighted by Gasteiger charge is 2.38. The Morgan fingerprint density at radius 1 is 0.792 bits per heavy atom. The third-order valence-corrected chi connectivity index (χ3v) is 8.59. The van der Waals surface area contributed by atoms with Crippen LogP contribution in [0.1, 0.15) is 15.9 Å².